The van der Waals surface area contributed by atoms with Crippen LogP contribution in [-0.2, 0) is 14.3 Å². The number of carbonyl (C=O) groups excluding carboxylic acids is 2. The van der Waals surface area contributed by atoms with Crippen molar-refractivity contribution in [1.29, 1.82) is 0 Å². The predicted octanol–water partition coefficient (Wildman–Crippen LogP) is 4.30. The molecular weight excluding hydrogens is 365 g/mol. The molecule has 0 aromatic heterocycles. The molecule has 1 heterocycles. The second-order valence-corrected chi connectivity index (χ2v) is 7.71. The minimum absolute atomic E-state index is 0.260. The van der Waals surface area contributed by atoms with E-state index in [1.54, 1.807) is 28.8 Å². The van der Waals surface area contributed by atoms with Crippen LogP contribution in [-0.4, -0.2) is 30.3 Å². The number of fused-ring (bicyclic) bond motifs is 1. The first-order chi connectivity index (χ1) is 13.0. The van der Waals surface area contributed by atoms with Gasteiger partial charge in [-0.2, -0.15) is 0 Å². The van der Waals surface area contributed by atoms with Crippen LogP contribution in [0.25, 0.3) is 6.08 Å². The Kier molecular flexibility index (Phi) is 6.29. The number of esters is 1. The summed E-state index contributed by atoms with van der Waals surface area (Å²) in [5.41, 5.74) is 1.40. The second kappa shape index (κ2) is 8.86. The van der Waals surface area contributed by atoms with Crippen molar-refractivity contribution >= 4 is 35.4 Å². The number of amides is 1. The number of carbonyl (C=O) groups is 2. The number of rotatable bonds is 4. The minimum atomic E-state index is -0.640. The van der Waals surface area contributed by atoms with Gasteiger partial charge in [-0.05, 0) is 42.3 Å². The van der Waals surface area contributed by atoms with E-state index >= 15 is 0 Å². The van der Waals surface area contributed by atoms with E-state index in [1.165, 1.54) is 24.3 Å². The number of hydrogen-bond acceptors (Lipinski definition) is 4. The summed E-state index contributed by atoms with van der Waals surface area (Å²) in [6, 6.07) is 13.6. The van der Waals surface area contributed by atoms with Gasteiger partial charge in [0.25, 0.3) is 5.91 Å². The summed E-state index contributed by atoms with van der Waals surface area (Å²) in [6.45, 7) is 2.38. The Morgan fingerprint density at radius 2 is 2.07 bits per heavy atom. The first-order valence-corrected chi connectivity index (χ1v) is 9.57. The molecular formula is C21H20FNO3S. The normalized spacial score (nSPS) is 16.7. The third-order valence-electron chi connectivity index (χ3n) is 4.14. The highest BCUT2D eigenvalue weighted by atomic mass is 32.2. The van der Waals surface area contributed by atoms with Crippen molar-refractivity contribution in [2.75, 3.05) is 18.1 Å². The standard InChI is InChI=1S/C21H20FNO3S/c1-15-11-12-23(18-7-2-3-8-19(18)27-15)20(24)14-26-21(25)10-9-16-5-4-6-17(22)13-16/h2-10,13,15H,11-12,14H2,1H3/b10-9+/t15-/m0/s1. The van der Waals surface area contributed by atoms with Crippen molar-refractivity contribution < 1.29 is 18.7 Å². The Hall–Kier alpha value is -2.60. The van der Waals surface area contributed by atoms with E-state index in [9.17, 15) is 14.0 Å². The van der Waals surface area contributed by atoms with E-state index in [1.807, 2.05) is 24.3 Å². The van der Waals surface area contributed by atoms with E-state index in [2.05, 4.69) is 6.92 Å². The van der Waals surface area contributed by atoms with Crippen molar-refractivity contribution in [3.05, 3.63) is 66.0 Å². The quantitative estimate of drug-likeness (QED) is 0.582. The zero-order valence-electron chi connectivity index (χ0n) is 14.9. The number of thioether (sulfide) groups is 1. The third kappa shape index (κ3) is 5.20. The molecule has 0 fully saturated rings. The fourth-order valence-corrected chi connectivity index (χ4v) is 3.89. The van der Waals surface area contributed by atoms with E-state index in [0.717, 1.165) is 17.0 Å². The lowest BCUT2D eigenvalue weighted by Gasteiger charge is -2.22. The van der Waals surface area contributed by atoms with Gasteiger partial charge in [0.15, 0.2) is 6.61 Å². The van der Waals surface area contributed by atoms with Crippen LogP contribution in [0.2, 0.25) is 0 Å². The second-order valence-electron chi connectivity index (χ2n) is 6.23. The average molecular weight is 385 g/mol. The van der Waals surface area contributed by atoms with Crippen LogP contribution in [0.4, 0.5) is 10.1 Å². The molecule has 4 nitrogen and oxygen atoms in total. The molecule has 0 aliphatic carbocycles. The lowest BCUT2D eigenvalue weighted by molar-refractivity contribution is -0.142. The zero-order chi connectivity index (χ0) is 19.2. The maximum Gasteiger partial charge on any atom is 0.331 e. The number of para-hydroxylation sites is 1. The van der Waals surface area contributed by atoms with Crippen LogP contribution < -0.4 is 4.90 Å². The summed E-state index contributed by atoms with van der Waals surface area (Å²) in [5.74, 6) is -1.28. The summed E-state index contributed by atoms with van der Waals surface area (Å²) in [6.07, 6.45) is 3.50. The molecule has 27 heavy (non-hydrogen) atoms. The van der Waals surface area contributed by atoms with Crippen molar-refractivity contribution in [3.8, 4) is 0 Å². The fourth-order valence-electron chi connectivity index (χ4n) is 2.78. The van der Waals surface area contributed by atoms with Crippen molar-refractivity contribution in [1.82, 2.24) is 0 Å². The first-order valence-electron chi connectivity index (χ1n) is 8.69. The highest BCUT2D eigenvalue weighted by Crippen LogP contribution is 2.37. The molecule has 0 N–H and O–H groups in total. The third-order valence-corrected chi connectivity index (χ3v) is 5.38. The van der Waals surface area contributed by atoms with Gasteiger partial charge in [-0.3, -0.25) is 4.79 Å². The summed E-state index contributed by atoms with van der Waals surface area (Å²) in [7, 11) is 0. The average Bonchev–Trinajstić information content (AvgIpc) is 2.82. The molecule has 1 atom stereocenters. The number of benzene rings is 2. The topological polar surface area (TPSA) is 46.6 Å². The molecule has 2 aromatic carbocycles. The Morgan fingerprint density at radius 1 is 1.26 bits per heavy atom. The van der Waals surface area contributed by atoms with Gasteiger partial charge in [-0.25, -0.2) is 9.18 Å². The van der Waals surface area contributed by atoms with E-state index in [-0.39, 0.29) is 18.3 Å². The first kappa shape index (κ1) is 19.2. The fraction of sp³-hybridized carbons (Fsp3) is 0.238. The van der Waals surface area contributed by atoms with Crippen molar-refractivity contribution in [2.45, 2.75) is 23.5 Å². The monoisotopic (exact) mass is 385 g/mol. The van der Waals surface area contributed by atoms with Crippen molar-refractivity contribution in [3.63, 3.8) is 0 Å². The highest BCUT2D eigenvalue weighted by Gasteiger charge is 2.24. The molecule has 0 spiro atoms. The number of halogens is 1. The van der Waals surface area contributed by atoms with Gasteiger partial charge in [0.05, 0.1) is 5.69 Å². The molecule has 0 unspecified atom stereocenters. The molecule has 1 aliphatic rings. The molecule has 0 saturated heterocycles. The predicted molar refractivity (Wildman–Crippen MR) is 105 cm³/mol. The van der Waals surface area contributed by atoms with Crippen LogP contribution >= 0.6 is 11.8 Å². The summed E-state index contributed by atoms with van der Waals surface area (Å²) < 4.78 is 18.2. The molecule has 2 aromatic rings. The maximum absolute atomic E-state index is 13.1. The van der Waals surface area contributed by atoms with E-state index < -0.39 is 5.97 Å². The highest BCUT2D eigenvalue weighted by molar-refractivity contribution is 8.00. The minimum Gasteiger partial charge on any atom is -0.452 e. The number of ether oxygens (including phenoxy) is 1. The van der Waals surface area contributed by atoms with Crippen LogP contribution in [0.5, 0.6) is 0 Å². The smallest absolute Gasteiger partial charge is 0.331 e. The molecule has 140 valence electrons. The molecule has 0 bridgehead atoms. The summed E-state index contributed by atoms with van der Waals surface area (Å²) in [5, 5.41) is 0.403. The van der Waals surface area contributed by atoms with Gasteiger partial charge in [-0.1, -0.05) is 31.2 Å². The summed E-state index contributed by atoms with van der Waals surface area (Å²) in [4.78, 5) is 27.2. The van der Waals surface area contributed by atoms with Gasteiger partial charge in [0.1, 0.15) is 5.82 Å². The Labute approximate surface area is 162 Å². The largest absolute Gasteiger partial charge is 0.452 e. The SMILES string of the molecule is C[C@H]1CCN(C(=O)COC(=O)/C=C/c2cccc(F)c2)c2ccccc2S1. The zero-order valence-corrected chi connectivity index (χ0v) is 15.7. The lowest BCUT2D eigenvalue weighted by Crippen LogP contribution is -2.35. The number of hydrogen-bond donors (Lipinski definition) is 0. The Balaban J connectivity index is 1.61. The van der Waals surface area contributed by atoms with Crippen LogP contribution in [0.1, 0.15) is 18.9 Å². The maximum atomic E-state index is 13.1. The van der Waals surface area contributed by atoms with Gasteiger partial charge in [0.2, 0.25) is 0 Å². The molecule has 1 aliphatic heterocycles. The molecule has 6 heteroatoms. The van der Waals surface area contributed by atoms with Gasteiger partial charge in [-0.15, -0.1) is 11.8 Å². The Morgan fingerprint density at radius 3 is 2.89 bits per heavy atom. The number of anilines is 1. The van der Waals surface area contributed by atoms with Crippen LogP contribution in [0.3, 0.4) is 0 Å². The van der Waals surface area contributed by atoms with E-state index in [0.29, 0.717) is 17.4 Å². The molecule has 0 radical (unpaired) electrons. The lowest BCUT2D eigenvalue weighted by atomic mass is 10.2. The van der Waals surface area contributed by atoms with E-state index in [4.69, 9.17) is 4.74 Å². The Bertz CT molecular complexity index is 868. The summed E-state index contributed by atoms with van der Waals surface area (Å²) >= 11 is 1.74. The molecule has 1 amide bonds. The van der Waals surface area contributed by atoms with Crippen molar-refractivity contribution in [2.24, 2.45) is 0 Å². The number of nitrogens with zero attached hydrogens (tertiary/aromatic N) is 1. The van der Waals surface area contributed by atoms with Gasteiger partial charge in [0, 0.05) is 22.8 Å². The van der Waals surface area contributed by atoms with Gasteiger partial charge >= 0.3 is 5.97 Å². The molecule has 3 rings (SSSR count). The van der Waals surface area contributed by atoms with Crippen LogP contribution in [0, 0.1) is 5.82 Å². The molecule has 0 saturated carbocycles. The van der Waals surface area contributed by atoms with Crippen LogP contribution in [0.15, 0.2) is 59.5 Å². The van der Waals surface area contributed by atoms with Gasteiger partial charge < -0.3 is 9.64 Å².